The van der Waals surface area contributed by atoms with E-state index in [1.54, 1.807) is 38.1 Å². The number of methoxy groups -OCH3 is 1. The van der Waals surface area contributed by atoms with Crippen molar-refractivity contribution in [2.45, 2.75) is 18.7 Å². The molecule has 0 aromatic heterocycles. The lowest BCUT2D eigenvalue weighted by atomic mass is 10.1. The molecule has 134 valence electrons. The average molecular weight is 475 g/mol. The van der Waals surface area contributed by atoms with Crippen LogP contribution < -0.4 is 9.46 Å². The molecule has 0 bridgehead atoms. The molecule has 2 aromatic rings. The molecule has 0 aliphatic rings. The average Bonchev–Trinajstić information content (AvgIpc) is 2.56. The summed E-state index contributed by atoms with van der Waals surface area (Å²) in [5.74, 6) is 0.111. The van der Waals surface area contributed by atoms with E-state index in [1.807, 2.05) is 22.6 Å². The highest BCUT2D eigenvalue weighted by Crippen LogP contribution is 2.27. The van der Waals surface area contributed by atoms with E-state index in [2.05, 4.69) is 4.72 Å². The van der Waals surface area contributed by atoms with Crippen LogP contribution in [0.5, 0.6) is 5.75 Å². The first-order chi connectivity index (χ1) is 11.8. The molecule has 0 aliphatic heterocycles. The Kier molecular flexibility index (Phi) is 6.28. The summed E-state index contributed by atoms with van der Waals surface area (Å²) in [6, 6.07) is 9.39. The number of carbonyl (C=O) groups is 1. The van der Waals surface area contributed by atoms with Gasteiger partial charge in [0.1, 0.15) is 5.75 Å². The molecular weight excluding hydrogens is 457 g/mol. The predicted octanol–water partition coefficient (Wildman–Crippen LogP) is 3.59. The molecule has 2 aromatic carbocycles. The van der Waals surface area contributed by atoms with Crippen LogP contribution in [0, 0.1) is 10.5 Å². The largest absolute Gasteiger partial charge is 0.496 e. The molecule has 0 unspecified atom stereocenters. The number of nitrogens with one attached hydrogen (secondary N) is 1. The van der Waals surface area contributed by atoms with Gasteiger partial charge in [-0.15, -0.1) is 0 Å². The Morgan fingerprint density at radius 3 is 2.56 bits per heavy atom. The number of halogens is 1. The molecular formula is C17H18INO5S. The molecule has 0 radical (unpaired) electrons. The summed E-state index contributed by atoms with van der Waals surface area (Å²) in [5.41, 5.74) is 1.16. The topological polar surface area (TPSA) is 81.7 Å². The number of hydrogen-bond acceptors (Lipinski definition) is 5. The highest BCUT2D eigenvalue weighted by Gasteiger charge is 2.19. The summed E-state index contributed by atoms with van der Waals surface area (Å²) in [6.45, 7) is 3.63. The maximum atomic E-state index is 12.6. The number of benzene rings is 2. The molecule has 0 saturated heterocycles. The molecule has 0 amide bonds. The van der Waals surface area contributed by atoms with Gasteiger partial charge in [0.25, 0.3) is 10.0 Å². The predicted molar refractivity (Wildman–Crippen MR) is 104 cm³/mol. The minimum atomic E-state index is -3.80. The molecule has 0 fully saturated rings. The lowest BCUT2D eigenvalue weighted by Gasteiger charge is -2.14. The number of carbonyl (C=O) groups excluding carboxylic acids is 1. The van der Waals surface area contributed by atoms with E-state index in [0.717, 1.165) is 0 Å². The fraction of sp³-hybridized carbons (Fsp3) is 0.235. The summed E-state index contributed by atoms with van der Waals surface area (Å²) in [5, 5.41) is 0. The van der Waals surface area contributed by atoms with E-state index in [9.17, 15) is 13.2 Å². The Hall–Kier alpha value is -1.81. The van der Waals surface area contributed by atoms with Crippen LogP contribution in [0.1, 0.15) is 22.8 Å². The first kappa shape index (κ1) is 19.5. The molecule has 6 nitrogen and oxygen atoms in total. The van der Waals surface area contributed by atoms with Crippen molar-refractivity contribution in [3.8, 4) is 5.75 Å². The van der Waals surface area contributed by atoms with Gasteiger partial charge in [-0.25, -0.2) is 13.2 Å². The molecule has 8 heteroatoms. The third-order valence-electron chi connectivity index (χ3n) is 3.51. The summed E-state index contributed by atoms with van der Waals surface area (Å²) >= 11 is 2.01. The molecule has 0 saturated carbocycles. The van der Waals surface area contributed by atoms with Crippen LogP contribution in [0.25, 0.3) is 0 Å². The summed E-state index contributed by atoms with van der Waals surface area (Å²) in [4.78, 5) is 12.1. The lowest BCUT2D eigenvalue weighted by molar-refractivity contribution is 0.0525. The van der Waals surface area contributed by atoms with Crippen LogP contribution in [0.4, 0.5) is 5.69 Å². The highest BCUT2D eigenvalue weighted by atomic mass is 127. The fourth-order valence-corrected chi connectivity index (χ4v) is 4.29. The molecule has 0 atom stereocenters. The number of ether oxygens (including phenoxy) is 2. The fourth-order valence-electron chi connectivity index (χ4n) is 2.19. The van der Waals surface area contributed by atoms with Crippen molar-refractivity contribution < 1.29 is 22.7 Å². The Balaban J connectivity index is 2.37. The van der Waals surface area contributed by atoms with Gasteiger partial charge >= 0.3 is 5.97 Å². The number of hydrogen-bond donors (Lipinski definition) is 1. The van der Waals surface area contributed by atoms with Crippen LogP contribution >= 0.6 is 22.6 Å². The summed E-state index contributed by atoms with van der Waals surface area (Å²) in [7, 11) is -2.28. The number of sulfonamides is 1. The maximum Gasteiger partial charge on any atom is 0.338 e. The van der Waals surface area contributed by atoms with Gasteiger partial charge in [0.2, 0.25) is 0 Å². The van der Waals surface area contributed by atoms with Gasteiger partial charge in [0, 0.05) is 0 Å². The first-order valence-corrected chi connectivity index (χ1v) is 9.99. The monoisotopic (exact) mass is 475 g/mol. The molecule has 0 heterocycles. The summed E-state index contributed by atoms with van der Waals surface area (Å²) in [6.07, 6.45) is 0. The van der Waals surface area contributed by atoms with Crippen LogP contribution in [-0.4, -0.2) is 28.1 Å². The van der Waals surface area contributed by atoms with Crippen LogP contribution in [0.15, 0.2) is 41.3 Å². The highest BCUT2D eigenvalue weighted by molar-refractivity contribution is 14.1. The Labute approximate surface area is 160 Å². The van der Waals surface area contributed by atoms with E-state index < -0.39 is 16.0 Å². The zero-order valence-corrected chi connectivity index (χ0v) is 17.0. The molecule has 2 rings (SSSR count). The van der Waals surface area contributed by atoms with Crippen molar-refractivity contribution in [2.24, 2.45) is 0 Å². The van der Waals surface area contributed by atoms with E-state index in [4.69, 9.17) is 9.47 Å². The van der Waals surface area contributed by atoms with Gasteiger partial charge in [-0.1, -0.05) is 6.07 Å². The molecule has 0 spiro atoms. The Morgan fingerprint density at radius 1 is 1.24 bits per heavy atom. The van der Waals surface area contributed by atoms with E-state index in [0.29, 0.717) is 26.1 Å². The Morgan fingerprint density at radius 2 is 1.96 bits per heavy atom. The van der Waals surface area contributed by atoms with E-state index in [1.165, 1.54) is 19.2 Å². The second-order valence-corrected chi connectivity index (χ2v) is 7.95. The van der Waals surface area contributed by atoms with Crippen molar-refractivity contribution in [2.75, 3.05) is 18.4 Å². The SMILES string of the molecule is CCOC(=O)c1cccc(NS(=O)(=O)c2ccc(OC)c(I)c2)c1C. The van der Waals surface area contributed by atoms with Crippen molar-refractivity contribution >= 4 is 44.3 Å². The van der Waals surface area contributed by atoms with Crippen LogP contribution in [-0.2, 0) is 14.8 Å². The smallest absolute Gasteiger partial charge is 0.338 e. The van der Waals surface area contributed by atoms with Crippen LogP contribution in [0.2, 0.25) is 0 Å². The first-order valence-electron chi connectivity index (χ1n) is 7.43. The van der Waals surface area contributed by atoms with E-state index in [-0.39, 0.29) is 11.5 Å². The zero-order valence-electron chi connectivity index (χ0n) is 14.0. The van der Waals surface area contributed by atoms with Gasteiger partial charge in [-0.3, -0.25) is 4.72 Å². The molecule has 1 N–H and O–H groups in total. The lowest BCUT2D eigenvalue weighted by Crippen LogP contribution is -2.15. The van der Waals surface area contributed by atoms with Crippen LogP contribution in [0.3, 0.4) is 0 Å². The Bertz CT molecular complexity index is 896. The quantitative estimate of drug-likeness (QED) is 0.510. The zero-order chi connectivity index (χ0) is 18.6. The van der Waals surface area contributed by atoms with Crippen molar-refractivity contribution in [1.82, 2.24) is 0 Å². The van der Waals surface area contributed by atoms with Gasteiger partial charge < -0.3 is 9.47 Å². The van der Waals surface area contributed by atoms with Gasteiger partial charge in [0.15, 0.2) is 0 Å². The van der Waals surface area contributed by atoms with Gasteiger partial charge in [-0.05, 0) is 72.3 Å². The molecule has 25 heavy (non-hydrogen) atoms. The standard InChI is InChI=1S/C17H18INO5S/c1-4-24-17(20)13-6-5-7-15(11(13)2)19-25(21,22)12-8-9-16(23-3)14(18)10-12/h5-10,19H,4H2,1-3H3. The minimum absolute atomic E-state index is 0.110. The van der Waals surface area contributed by atoms with Gasteiger partial charge in [-0.2, -0.15) is 0 Å². The third-order valence-corrected chi connectivity index (χ3v) is 5.71. The maximum absolute atomic E-state index is 12.6. The van der Waals surface area contributed by atoms with Gasteiger partial charge in [0.05, 0.1) is 33.4 Å². The molecule has 0 aliphatic carbocycles. The number of anilines is 1. The second-order valence-electron chi connectivity index (χ2n) is 5.10. The van der Waals surface area contributed by atoms with E-state index >= 15 is 0 Å². The minimum Gasteiger partial charge on any atom is -0.496 e. The second kappa shape index (κ2) is 8.05. The van der Waals surface area contributed by atoms with Crippen molar-refractivity contribution in [1.29, 1.82) is 0 Å². The summed E-state index contributed by atoms with van der Waals surface area (Å²) < 4.78 is 38.6. The van der Waals surface area contributed by atoms with Crippen molar-refractivity contribution in [3.05, 3.63) is 51.1 Å². The third kappa shape index (κ3) is 4.43. The van der Waals surface area contributed by atoms with Crippen molar-refractivity contribution in [3.63, 3.8) is 0 Å². The number of rotatable bonds is 6. The normalized spacial score (nSPS) is 11.0. The number of esters is 1.